The first-order chi connectivity index (χ1) is 8.29. The molecular weight excluding hydrogens is 214 g/mol. The van der Waals surface area contributed by atoms with Gasteiger partial charge in [-0.1, -0.05) is 0 Å². The van der Waals surface area contributed by atoms with E-state index in [0.717, 1.165) is 31.4 Å². The number of guanidine groups is 1. The van der Waals surface area contributed by atoms with E-state index in [4.69, 9.17) is 0 Å². The molecule has 0 spiro atoms. The fourth-order valence-electron chi connectivity index (χ4n) is 1.65. The van der Waals surface area contributed by atoms with Gasteiger partial charge in [0.05, 0.1) is 6.54 Å². The zero-order valence-electron chi connectivity index (χ0n) is 10.6. The van der Waals surface area contributed by atoms with Gasteiger partial charge in [0.1, 0.15) is 5.82 Å². The molecule has 0 atom stereocenters. The van der Waals surface area contributed by atoms with Crippen molar-refractivity contribution in [3.8, 4) is 0 Å². The molecule has 1 aromatic rings. The molecule has 17 heavy (non-hydrogen) atoms. The van der Waals surface area contributed by atoms with E-state index in [9.17, 15) is 0 Å². The molecule has 1 aromatic heterocycles. The second-order valence-electron chi connectivity index (χ2n) is 4.35. The zero-order chi connectivity index (χ0) is 12.1. The Labute approximate surface area is 102 Å². The Morgan fingerprint density at radius 1 is 1.59 bits per heavy atom. The van der Waals surface area contributed by atoms with Gasteiger partial charge in [-0.05, 0) is 26.7 Å². The highest BCUT2D eigenvalue weighted by Crippen LogP contribution is 2.18. The molecule has 1 fully saturated rings. The molecule has 0 radical (unpaired) electrons. The molecule has 0 saturated heterocycles. The van der Waals surface area contributed by atoms with Gasteiger partial charge in [0.25, 0.3) is 0 Å². The largest absolute Gasteiger partial charge is 0.357 e. The van der Waals surface area contributed by atoms with Gasteiger partial charge in [-0.25, -0.2) is 4.98 Å². The van der Waals surface area contributed by atoms with Crippen molar-refractivity contribution >= 4 is 5.96 Å². The molecule has 5 heteroatoms. The van der Waals surface area contributed by atoms with Crippen LogP contribution in [0.3, 0.4) is 0 Å². The Morgan fingerprint density at radius 3 is 3.00 bits per heavy atom. The minimum absolute atomic E-state index is 0.641. The van der Waals surface area contributed by atoms with Crippen molar-refractivity contribution in [3.05, 3.63) is 18.2 Å². The number of rotatable bonds is 5. The lowest BCUT2D eigenvalue weighted by atomic mass is 10.5. The van der Waals surface area contributed by atoms with E-state index in [0.29, 0.717) is 6.04 Å². The van der Waals surface area contributed by atoms with Crippen molar-refractivity contribution in [3.63, 3.8) is 0 Å². The standard InChI is InChI=1S/C12H21N5/c1-3-13-12(16-11-4-5-11)15-7-9-17-8-6-14-10(17)2/h6,8,11H,3-5,7,9H2,1-2H3,(H2,13,15,16). The van der Waals surface area contributed by atoms with Crippen LogP contribution in [0.1, 0.15) is 25.6 Å². The van der Waals surface area contributed by atoms with Crippen LogP contribution in [0.2, 0.25) is 0 Å². The Balaban J connectivity index is 1.81. The zero-order valence-corrected chi connectivity index (χ0v) is 10.6. The number of aliphatic imine (C=N–C) groups is 1. The molecule has 1 aliphatic rings. The Hall–Kier alpha value is -1.52. The van der Waals surface area contributed by atoms with Crippen LogP contribution in [0.5, 0.6) is 0 Å². The van der Waals surface area contributed by atoms with Gasteiger partial charge >= 0.3 is 0 Å². The van der Waals surface area contributed by atoms with E-state index in [-0.39, 0.29) is 0 Å². The number of nitrogens with one attached hydrogen (secondary N) is 2. The number of hydrogen-bond acceptors (Lipinski definition) is 2. The van der Waals surface area contributed by atoms with Gasteiger partial charge in [0, 0.05) is 31.5 Å². The third-order valence-corrected chi connectivity index (χ3v) is 2.80. The Bertz CT molecular complexity index is 378. The van der Waals surface area contributed by atoms with Crippen molar-refractivity contribution in [1.29, 1.82) is 0 Å². The van der Waals surface area contributed by atoms with Crippen LogP contribution >= 0.6 is 0 Å². The second-order valence-corrected chi connectivity index (χ2v) is 4.35. The third kappa shape index (κ3) is 3.76. The number of aryl methyl sites for hydroxylation is 1. The average Bonchev–Trinajstić information content (AvgIpc) is 3.02. The highest BCUT2D eigenvalue weighted by atomic mass is 15.2. The van der Waals surface area contributed by atoms with Crippen LogP contribution < -0.4 is 10.6 Å². The highest BCUT2D eigenvalue weighted by molar-refractivity contribution is 5.80. The third-order valence-electron chi connectivity index (χ3n) is 2.80. The maximum Gasteiger partial charge on any atom is 0.191 e. The topological polar surface area (TPSA) is 54.2 Å². The molecule has 0 amide bonds. The maximum atomic E-state index is 4.56. The van der Waals surface area contributed by atoms with Gasteiger partial charge in [-0.3, -0.25) is 4.99 Å². The lowest BCUT2D eigenvalue weighted by Crippen LogP contribution is -2.38. The predicted octanol–water partition coefficient (Wildman–Crippen LogP) is 0.909. The summed E-state index contributed by atoms with van der Waals surface area (Å²) in [6, 6.07) is 0.641. The van der Waals surface area contributed by atoms with Crippen molar-refractivity contribution in [2.24, 2.45) is 4.99 Å². The minimum Gasteiger partial charge on any atom is -0.357 e. The molecule has 0 bridgehead atoms. The van der Waals surface area contributed by atoms with Crippen molar-refractivity contribution in [2.75, 3.05) is 13.1 Å². The van der Waals surface area contributed by atoms with Crippen molar-refractivity contribution < 1.29 is 0 Å². The van der Waals surface area contributed by atoms with Gasteiger partial charge < -0.3 is 15.2 Å². The summed E-state index contributed by atoms with van der Waals surface area (Å²) in [5.41, 5.74) is 0. The van der Waals surface area contributed by atoms with Crippen LogP contribution in [0.15, 0.2) is 17.4 Å². The summed E-state index contributed by atoms with van der Waals surface area (Å²) in [5, 5.41) is 6.66. The molecule has 5 nitrogen and oxygen atoms in total. The van der Waals surface area contributed by atoms with E-state index >= 15 is 0 Å². The summed E-state index contributed by atoms with van der Waals surface area (Å²) in [5.74, 6) is 1.98. The van der Waals surface area contributed by atoms with Crippen molar-refractivity contribution in [2.45, 2.75) is 39.3 Å². The molecule has 1 heterocycles. The van der Waals surface area contributed by atoms with Crippen molar-refractivity contribution in [1.82, 2.24) is 20.2 Å². The van der Waals surface area contributed by atoms with Crippen LogP contribution in [-0.4, -0.2) is 34.6 Å². The van der Waals surface area contributed by atoms with Crippen LogP contribution in [0, 0.1) is 6.92 Å². The van der Waals surface area contributed by atoms with Gasteiger partial charge in [0.15, 0.2) is 5.96 Å². The van der Waals surface area contributed by atoms with Crippen LogP contribution in [0.4, 0.5) is 0 Å². The van der Waals surface area contributed by atoms with E-state index in [2.05, 4.69) is 32.1 Å². The van der Waals surface area contributed by atoms with Crippen LogP contribution in [0.25, 0.3) is 0 Å². The van der Waals surface area contributed by atoms with E-state index < -0.39 is 0 Å². The first kappa shape index (κ1) is 12.0. The molecule has 0 aromatic carbocycles. The molecule has 94 valence electrons. The van der Waals surface area contributed by atoms with E-state index in [1.165, 1.54) is 12.8 Å². The fraction of sp³-hybridized carbons (Fsp3) is 0.667. The summed E-state index contributed by atoms with van der Waals surface area (Å²) in [6.45, 7) is 6.66. The monoisotopic (exact) mass is 235 g/mol. The molecule has 2 N–H and O–H groups in total. The lowest BCUT2D eigenvalue weighted by Gasteiger charge is -2.10. The molecule has 0 aliphatic heterocycles. The number of aromatic nitrogens is 2. The lowest BCUT2D eigenvalue weighted by molar-refractivity contribution is 0.677. The smallest absolute Gasteiger partial charge is 0.191 e. The Morgan fingerprint density at radius 2 is 2.41 bits per heavy atom. The summed E-state index contributed by atoms with van der Waals surface area (Å²) >= 11 is 0. The quantitative estimate of drug-likeness (QED) is 0.589. The second kappa shape index (κ2) is 5.70. The first-order valence-corrected chi connectivity index (χ1v) is 6.32. The molecular formula is C12H21N5. The number of imidazole rings is 1. The normalized spacial score (nSPS) is 16.0. The van der Waals surface area contributed by atoms with Gasteiger partial charge in [-0.2, -0.15) is 0 Å². The van der Waals surface area contributed by atoms with Gasteiger partial charge in [0.2, 0.25) is 0 Å². The average molecular weight is 235 g/mol. The molecule has 1 aliphatic carbocycles. The highest BCUT2D eigenvalue weighted by Gasteiger charge is 2.21. The van der Waals surface area contributed by atoms with Gasteiger partial charge in [-0.15, -0.1) is 0 Å². The summed E-state index contributed by atoms with van der Waals surface area (Å²) < 4.78 is 2.12. The summed E-state index contributed by atoms with van der Waals surface area (Å²) in [6.07, 6.45) is 6.36. The maximum absolute atomic E-state index is 4.56. The first-order valence-electron chi connectivity index (χ1n) is 6.32. The minimum atomic E-state index is 0.641. The van der Waals surface area contributed by atoms with E-state index in [1.807, 2.05) is 19.3 Å². The number of hydrogen-bond donors (Lipinski definition) is 2. The molecule has 2 rings (SSSR count). The SMILES string of the molecule is CCNC(=NCCn1ccnc1C)NC1CC1. The van der Waals surface area contributed by atoms with E-state index in [1.54, 1.807) is 0 Å². The summed E-state index contributed by atoms with van der Waals surface area (Å²) in [7, 11) is 0. The Kier molecular flexibility index (Phi) is 4.01. The fourth-order valence-corrected chi connectivity index (χ4v) is 1.65. The molecule has 1 saturated carbocycles. The molecule has 0 unspecified atom stereocenters. The van der Waals surface area contributed by atoms with Crippen LogP contribution in [-0.2, 0) is 6.54 Å². The predicted molar refractivity (Wildman–Crippen MR) is 69.1 cm³/mol. The summed E-state index contributed by atoms with van der Waals surface area (Å²) in [4.78, 5) is 8.75. The number of nitrogens with zero attached hydrogens (tertiary/aromatic N) is 3.